The van der Waals surface area contributed by atoms with Gasteiger partial charge in [0, 0.05) is 18.0 Å². The Hall–Kier alpha value is -2.07. The molecular weight excluding hydrogens is 379 g/mol. The molecule has 0 aliphatic heterocycles. The first-order valence-electron chi connectivity index (χ1n) is 6.93. The number of nitrogens with zero attached hydrogens (tertiary/aromatic N) is 5. The number of thioether (sulfide) groups is 1. The highest BCUT2D eigenvalue weighted by atomic mass is 35.5. The Bertz CT molecular complexity index is 1010. The van der Waals surface area contributed by atoms with Gasteiger partial charge in [-0.25, -0.2) is 4.98 Å². The zero-order valence-corrected chi connectivity index (χ0v) is 14.6. The molecule has 0 unspecified atom stereocenters. The first-order chi connectivity index (χ1) is 11.7. The molecule has 0 spiro atoms. The van der Waals surface area contributed by atoms with E-state index in [-0.39, 0.29) is 23.4 Å². The van der Waals surface area contributed by atoms with Gasteiger partial charge in [-0.05, 0) is 24.8 Å². The Labute approximate surface area is 148 Å². The summed E-state index contributed by atoms with van der Waals surface area (Å²) in [5, 5.41) is 3.85. The predicted molar refractivity (Wildman–Crippen MR) is 87.1 cm³/mol. The van der Waals surface area contributed by atoms with Crippen molar-refractivity contribution in [3.63, 3.8) is 0 Å². The van der Waals surface area contributed by atoms with E-state index in [1.807, 2.05) is 0 Å². The molecule has 0 aromatic carbocycles. The number of aromatic nitrogens is 5. The van der Waals surface area contributed by atoms with Crippen molar-refractivity contribution in [1.82, 2.24) is 24.1 Å². The second-order valence-corrected chi connectivity index (χ2v) is 6.33. The van der Waals surface area contributed by atoms with Gasteiger partial charge in [0.2, 0.25) is 10.9 Å². The standard InChI is InChI=1S/C14H11ClF3N5OS/c1-7-3-10(24)23-13(20-12(21-23)25-2)22(7)6-8-4-9(14(16,17)18)11(15)19-5-8/h3-5H,6H2,1-2H3. The summed E-state index contributed by atoms with van der Waals surface area (Å²) >= 11 is 6.80. The third-order valence-electron chi connectivity index (χ3n) is 3.50. The average molecular weight is 390 g/mol. The smallest absolute Gasteiger partial charge is 0.310 e. The van der Waals surface area contributed by atoms with Gasteiger partial charge in [0.15, 0.2) is 0 Å². The van der Waals surface area contributed by atoms with Gasteiger partial charge in [0.05, 0.1) is 12.1 Å². The van der Waals surface area contributed by atoms with E-state index in [1.54, 1.807) is 17.7 Å². The molecule has 0 saturated carbocycles. The molecule has 25 heavy (non-hydrogen) atoms. The van der Waals surface area contributed by atoms with Crippen LogP contribution in [-0.4, -0.2) is 30.4 Å². The van der Waals surface area contributed by atoms with Crippen molar-refractivity contribution in [1.29, 1.82) is 0 Å². The van der Waals surface area contributed by atoms with E-state index in [1.165, 1.54) is 24.0 Å². The van der Waals surface area contributed by atoms with Crippen LogP contribution in [0.3, 0.4) is 0 Å². The molecule has 0 aliphatic carbocycles. The van der Waals surface area contributed by atoms with Crippen LogP contribution in [0.25, 0.3) is 5.78 Å². The van der Waals surface area contributed by atoms with Crippen LogP contribution in [0, 0.1) is 6.92 Å². The minimum Gasteiger partial charge on any atom is -0.310 e. The quantitative estimate of drug-likeness (QED) is 0.509. The number of rotatable bonds is 3. The highest BCUT2D eigenvalue weighted by Crippen LogP contribution is 2.34. The molecule has 0 saturated heterocycles. The van der Waals surface area contributed by atoms with Gasteiger partial charge in [0.1, 0.15) is 5.15 Å². The zero-order chi connectivity index (χ0) is 18.4. The van der Waals surface area contributed by atoms with Crippen LogP contribution in [0.2, 0.25) is 5.15 Å². The van der Waals surface area contributed by atoms with Crippen molar-refractivity contribution in [3.8, 4) is 0 Å². The summed E-state index contributed by atoms with van der Waals surface area (Å²) in [7, 11) is 0. The number of hydrogen-bond acceptors (Lipinski definition) is 5. The maximum absolute atomic E-state index is 13.0. The second kappa shape index (κ2) is 6.34. The van der Waals surface area contributed by atoms with Gasteiger partial charge in [-0.2, -0.15) is 22.7 Å². The Morgan fingerprint density at radius 3 is 2.68 bits per heavy atom. The Morgan fingerprint density at radius 2 is 2.04 bits per heavy atom. The van der Waals surface area contributed by atoms with Gasteiger partial charge in [0.25, 0.3) is 5.56 Å². The third kappa shape index (κ3) is 3.36. The lowest BCUT2D eigenvalue weighted by molar-refractivity contribution is -0.137. The van der Waals surface area contributed by atoms with Crippen molar-refractivity contribution < 1.29 is 13.2 Å². The summed E-state index contributed by atoms with van der Waals surface area (Å²) in [5.41, 5.74) is -0.547. The fraction of sp³-hybridized carbons (Fsp3) is 0.286. The molecule has 0 radical (unpaired) electrons. The average Bonchev–Trinajstić information content (AvgIpc) is 2.96. The number of aryl methyl sites for hydroxylation is 1. The molecule has 3 heterocycles. The highest BCUT2D eigenvalue weighted by molar-refractivity contribution is 7.98. The maximum atomic E-state index is 13.0. The maximum Gasteiger partial charge on any atom is 0.419 e. The van der Waals surface area contributed by atoms with Gasteiger partial charge in [-0.15, -0.1) is 5.10 Å². The van der Waals surface area contributed by atoms with Crippen LogP contribution < -0.4 is 5.56 Å². The van der Waals surface area contributed by atoms with Crippen molar-refractivity contribution in [3.05, 3.63) is 50.7 Å². The second-order valence-electron chi connectivity index (χ2n) is 5.20. The molecule has 0 N–H and O–H groups in total. The first-order valence-corrected chi connectivity index (χ1v) is 8.54. The molecular formula is C14H11ClF3N5OS. The molecule has 6 nitrogen and oxygen atoms in total. The fourth-order valence-corrected chi connectivity index (χ4v) is 2.87. The van der Waals surface area contributed by atoms with E-state index >= 15 is 0 Å². The molecule has 11 heteroatoms. The van der Waals surface area contributed by atoms with Gasteiger partial charge in [-0.1, -0.05) is 23.4 Å². The monoisotopic (exact) mass is 389 g/mol. The third-order valence-corrected chi connectivity index (χ3v) is 4.34. The lowest BCUT2D eigenvalue weighted by Gasteiger charge is -2.13. The molecule has 0 fully saturated rings. The number of pyridine rings is 1. The molecule has 132 valence electrons. The fourth-order valence-electron chi connectivity index (χ4n) is 2.32. The van der Waals surface area contributed by atoms with Crippen molar-refractivity contribution >= 4 is 29.1 Å². The Kier molecular flexibility index (Phi) is 4.50. The summed E-state index contributed by atoms with van der Waals surface area (Å²) in [6, 6.07) is 2.29. The Balaban J connectivity index is 2.13. The summed E-state index contributed by atoms with van der Waals surface area (Å²) in [4.78, 5) is 19.9. The van der Waals surface area contributed by atoms with E-state index in [0.717, 1.165) is 10.6 Å². The largest absolute Gasteiger partial charge is 0.419 e. The SMILES string of the molecule is CSc1nc2n(Cc3cnc(Cl)c(C(F)(F)F)c3)c(C)cc(=O)n2n1. The highest BCUT2D eigenvalue weighted by Gasteiger charge is 2.34. The van der Waals surface area contributed by atoms with Crippen molar-refractivity contribution in [2.45, 2.75) is 24.8 Å². The lowest BCUT2D eigenvalue weighted by Crippen LogP contribution is -2.21. The van der Waals surface area contributed by atoms with Crippen LogP contribution in [0.4, 0.5) is 13.2 Å². The molecule has 3 rings (SSSR count). The molecule has 0 amide bonds. The minimum absolute atomic E-state index is 0.0371. The first kappa shape index (κ1) is 17.7. The lowest BCUT2D eigenvalue weighted by atomic mass is 10.2. The van der Waals surface area contributed by atoms with E-state index in [2.05, 4.69) is 15.1 Å². The minimum atomic E-state index is -4.60. The van der Waals surface area contributed by atoms with Crippen molar-refractivity contribution in [2.75, 3.05) is 6.26 Å². The van der Waals surface area contributed by atoms with E-state index in [0.29, 0.717) is 10.9 Å². The summed E-state index contributed by atoms with van der Waals surface area (Å²) in [6.07, 6.45) is -1.58. The van der Waals surface area contributed by atoms with E-state index in [9.17, 15) is 18.0 Å². The molecule has 0 atom stereocenters. The zero-order valence-electron chi connectivity index (χ0n) is 13.0. The molecule has 0 bridgehead atoms. The van der Waals surface area contributed by atoms with Crippen molar-refractivity contribution in [2.24, 2.45) is 0 Å². The summed E-state index contributed by atoms with van der Waals surface area (Å²) in [6.45, 7) is 1.71. The van der Waals surface area contributed by atoms with Gasteiger partial charge >= 0.3 is 6.18 Å². The van der Waals surface area contributed by atoms with Crippen LogP contribution in [0.1, 0.15) is 16.8 Å². The number of alkyl halides is 3. The topological polar surface area (TPSA) is 65.1 Å². The predicted octanol–water partition coefficient (Wildman–Crippen LogP) is 3.04. The normalized spacial score (nSPS) is 12.1. The van der Waals surface area contributed by atoms with Crippen LogP contribution in [-0.2, 0) is 12.7 Å². The summed E-state index contributed by atoms with van der Waals surface area (Å²) < 4.78 is 41.7. The van der Waals surface area contributed by atoms with E-state index < -0.39 is 16.9 Å². The number of fused-ring (bicyclic) bond motifs is 1. The number of halogens is 4. The van der Waals surface area contributed by atoms with Crippen LogP contribution in [0.15, 0.2) is 28.3 Å². The molecule has 3 aromatic heterocycles. The molecule has 3 aromatic rings. The Morgan fingerprint density at radius 1 is 1.32 bits per heavy atom. The van der Waals surface area contributed by atoms with Crippen LogP contribution in [0.5, 0.6) is 0 Å². The van der Waals surface area contributed by atoms with Gasteiger partial charge in [-0.3, -0.25) is 4.79 Å². The van der Waals surface area contributed by atoms with E-state index in [4.69, 9.17) is 11.6 Å². The molecule has 0 aliphatic rings. The summed E-state index contributed by atoms with van der Waals surface area (Å²) in [5.74, 6) is 0.248. The van der Waals surface area contributed by atoms with Gasteiger partial charge < -0.3 is 4.57 Å². The van der Waals surface area contributed by atoms with Crippen LogP contribution >= 0.6 is 23.4 Å². The number of hydrogen-bond donors (Lipinski definition) is 0.